The number of benzene rings is 1. The Balaban J connectivity index is 2.20. The van der Waals surface area contributed by atoms with E-state index in [-0.39, 0.29) is 23.2 Å². The van der Waals surface area contributed by atoms with Crippen molar-refractivity contribution in [3.05, 3.63) is 61.1 Å². The monoisotopic (exact) mass is 400 g/mol. The second-order valence-electron chi connectivity index (χ2n) is 4.56. The van der Waals surface area contributed by atoms with Gasteiger partial charge in [-0.3, -0.25) is 14.9 Å². The minimum Gasteiger partial charge on any atom is -0.464 e. The Bertz CT molecular complexity index is 696. The van der Waals surface area contributed by atoms with E-state index in [1.807, 2.05) is 35.6 Å². The number of furan rings is 1. The molecule has 1 unspecified atom stereocenters. The molecule has 1 aromatic carbocycles. The van der Waals surface area contributed by atoms with Crippen LogP contribution >= 0.6 is 22.6 Å². The summed E-state index contributed by atoms with van der Waals surface area (Å²) in [5.41, 5.74) is 0.169. The fourth-order valence-corrected chi connectivity index (χ4v) is 2.41. The third-order valence-corrected chi connectivity index (χ3v) is 3.88. The van der Waals surface area contributed by atoms with Crippen molar-refractivity contribution in [3.8, 4) is 0 Å². The van der Waals surface area contributed by atoms with Crippen LogP contribution in [0.3, 0.4) is 0 Å². The van der Waals surface area contributed by atoms with E-state index in [4.69, 9.17) is 4.42 Å². The van der Waals surface area contributed by atoms with Gasteiger partial charge in [0.05, 0.1) is 16.5 Å². The predicted octanol–water partition coefficient (Wildman–Crippen LogP) is 3.59. The van der Waals surface area contributed by atoms with Gasteiger partial charge in [0.15, 0.2) is 0 Å². The molecule has 1 atom stereocenters. The van der Waals surface area contributed by atoms with E-state index in [1.54, 1.807) is 19.1 Å². The summed E-state index contributed by atoms with van der Waals surface area (Å²) in [6.07, 6.45) is 0. The molecular formula is C14H13IN2O4. The quantitative estimate of drug-likeness (QED) is 0.483. The second kappa shape index (κ2) is 6.25. The van der Waals surface area contributed by atoms with Crippen LogP contribution in [0.15, 0.2) is 34.7 Å². The molecule has 2 aromatic rings. The number of nitrogens with one attached hydrogen (secondary N) is 1. The van der Waals surface area contributed by atoms with Crippen molar-refractivity contribution >= 4 is 34.2 Å². The lowest BCUT2D eigenvalue weighted by Crippen LogP contribution is -2.27. The Kier molecular flexibility index (Phi) is 4.61. The molecule has 110 valence electrons. The Labute approximate surface area is 134 Å². The van der Waals surface area contributed by atoms with E-state index in [0.29, 0.717) is 9.33 Å². The van der Waals surface area contributed by atoms with Crippen molar-refractivity contribution in [2.24, 2.45) is 0 Å². The molecule has 0 fully saturated rings. The van der Waals surface area contributed by atoms with Gasteiger partial charge < -0.3 is 9.73 Å². The number of nitrogens with zero attached hydrogens (tertiary/aromatic N) is 1. The number of hydrogen-bond donors (Lipinski definition) is 1. The fourth-order valence-electron chi connectivity index (χ4n) is 1.83. The molecule has 0 saturated carbocycles. The van der Waals surface area contributed by atoms with Gasteiger partial charge in [-0.25, -0.2) is 0 Å². The van der Waals surface area contributed by atoms with Crippen LogP contribution in [-0.2, 0) is 0 Å². The Morgan fingerprint density at radius 2 is 2.10 bits per heavy atom. The van der Waals surface area contributed by atoms with Gasteiger partial charge in [0, 0.05) is 15.7 Å². The number of nitro benzene ring substituents is 1. The minimum absolute atomic E-state index is 0.109. The summed E-state index contributed by atoms with van der Waals surface area (Å²) in [5, 5.41) is 13.6. The lowest BCUT2D eigenvalue weighted by atomic mass is 10.1. The Morgan fingerprint density at radius 3 is 2.67 bits per heavy atom. The third kappa shape index (κ3) is 3.60. The number of amides is 1. The molecule has 1 amide bonds. The fraction of sp³-hybridized carbons (Fsp3) is 0.214. The van der Waals surface area contributed by atoms with Crippen molar-refractivity contribution in [2.75, 3.05) is 0 Å². The van der Waals surface area contributed by atoms with Crippen LogP contribution in [0.4, 0.5) is 5.69 Å². The van der Waals surface area contributed by atoms with Gasteiger partial charge in [-0.15, -0.1) is 0 Å². The minimum atomic E-state index is -0.522. The molecular weight excluding hydrogens is 387 g/mol. The van der Waals surface area contributed by atoms with Crippen LogP contribution in [-0.4, -0.2) is 10.8 Å². The Hall–Kier alpha value is -1.90. The summed E-state index contributed by atoms with van der Waals surface area (Å²) in [5.74, 6) is 1.03. The number of non-ortho nitro benzene ring substituents is 1. The lowest BCUT2D eigenvalue weighted by Gasteiger charge is -2.12. The number of carbonyl (C=O) groups is 1. The summed E-state index contributed by atoms with van der Waals surface area (Å²) in [6, 6.07) is 7.49. The Morgan fingerprint density at radius 1 is 1.38 bits per heavy atom. The van der Waals surface area contributed by atoms with Crippen molar-refractivity contribution in [1.29, 1.82) is 0 Å². The van der Waals surface area contributed by atoms with Gasteiger partial charge in [0.1, 0.15) is 11.5 Å². The standard InChI is InChI=1S/C14H13IN2O4/c1-8-3-6-13(21-8)9(2)16-14(18)11-7-10(17(19)20)4-5-12(11)15/h3-7,9H,1-2H3,(H,16,18). The van der Waals surface area contributed by atoms with Crippen molar-refractivity contribution in [3.63, 3.8) is 0 Å². The van der Waals surface area contributed by atoms with Gasteiger partial charge >= 0.3 is 0 Å². The lowest BCUT2D eigenvalue weighted by molar-refractivity contribution is -0.384. The van der Waals surface area contributed by atoms with Crippen LogP contribution in [0, 0.1) is 20.6 Å². The first-order chi connectivity index (χ1) is 9.88. The third-order valence-electron chi connectivity index (χ3n) is 2.94. The van der Waals surface area contributed by atoms with E-state index < -0.39 is 4.92 Å². The molecule has 21 heavy (non-hydrogen) atoms. The SMILES string of the molecule is Cc1ccc(C(C)NC(=O)c2cc([N+](=O)[O-])ccc2I)o1. The summed E-state index contributed by atoms with van der Waals surface area (Å²) < 4.78 is 6.10. The smallest absolute Gasteiger partial charge is 0.270 e. The van der Waals surface area contributed by atoms with E-state index in [9.17, 15) is 14.9 Å². The average Bonchev–Trinajstić information content (AvgIpc) is 2.85. The second-order valence-corrected chi connectivity index (χ2v) is 5.73. The maximum absolute atomic E-state index is 12.3. The van der Waals surface area contributed by atoms with E-state index in [1.165, 1.54) is 12.1 Å². The highest BCUT2D eigenvalue weighted by Gasteiger charge is 2.18. The van der Waals surface area contributed by atoms with Crippen molar-refractivity contribution < 1.29 is 14.1 Å². The van der Waals surface area contributed by atoms with Gasteiger partial charge in [0.2, 0.25) is 0 Å². The van der Waals surface area contributed by atoms with Crippen LogP contribution in [0.1, 0.15) is 34.8 Å². The van der Waals surface area contributed by atoms with E-state index in [0.717, 1.165) is 5.76 Å². The highest BCUT2D eigenvalue weighted by molar-refractivity contribution is 14.1. The van der Waals surface area contributed by atoms with Gasteiger partial charge in [-0.05, 0) is 54.6 Å². The number of carbonyl (C=O) groups excluding carboxylic acids is 1. The molecule has 0 radical (unpaired) electrons. The first-order valence-corrected chi connectivity index (χ1v) is 7.27. The highest BCUT2D eigenvalue weighted by atomic mass is 127. The molecule has 1 aromatic heterocycles. The number of nitro groups is 1. The summed E-state index contributed by atoms with van der Waals surface area (Å²) >= 11 is 1.97. The maximum Gasteiger partial charge on any atom is 0.270 e. The number of aryl methyl sites for hydroxylation is 1. The van der Waals surface area contributed by atoms with Crippen molar-refractivity contribution in [2.45, 2.75) is 19.9 Å². The maximum atomic E-state index is 12.3. The number of halogens is 1. The molecule has 0 bridgehead atoms. The zero-order chi connectivity index (χ0) is 15.6. The topological polar surface area (TPSA) is 85.4 Å². The van der Waals surface area contributed by atoms with Gasteiger partial charge in [-0.1, -0.05) is 0 Å². The van der Waals surface area contributed by atoms with Gasteiger partial charge in [-0.2, -0.15) is 0 Å². The van der Waals surface area contributed by atoms with Crippen LogP contribution in [0.2, 0.25) is 0 Å². The largest absolute Gasteiger partial charge is 0.464 e. The average molecular weight is 400 g/mol. The molecule has 0 aliphatic carbocycles. The zero-order valence-corrected chi connectivity index (χ0v) is 13.6. The summed E-state index contributed by atoms with van der Waals surface area (Å²) in [6.45, 7) is 3.61. The van der Waals surface area contributed by atoms with Crippen LogP contribution in [0.5, 0.6) is 0 Å². The van der Waals surface area contributed by atoms with E-state index in [2.05, 4.69) is 5.32 Å². The van der Waals surface area contributed by atoms with E-state index >= 15 is 0 Å². The first-order valence-electron chi connectivity index (χ1n) is 6.19. The van der Waals surface area contributed by atoms with Crippen molar-refractivity contribution in [1.82, 2.24) is 5.32 Å². The predicted molar refractivity (Wildman–Crippen MR) is 85.1 cm³/mol. The number of rotatable bonds is 4. The molecule has 1 N–H and O–H groups in total. The molecule has 6 nitrogen and oxygen atoms in total. The molecule has 0 aliphatic rings. The normalized spacial score (nSPS) is 12.0. The summed E-state index contributed by atoms with van der Waals surface area (Å²) in [4.78, 5) is 22.5. The molecule has 0 spiro atoms. The molecule has 7 heteroatoms. The highest BCUT2D eigenvalue weighted by Crippen LogP contribution is 2.21. The molecule has 1 heterocycles. The van der Waals surface area contributed by atoms with Gasteiger partial charge in [0.25, 0.3) is 11.6 Å². The molecule has 2 rings (SSSR count). The molecule has 0 saturated heterocycles. The first kappa shape index (κ1) is 15.5. The summed E-state index contributed by atoms with van der Waals surface area (Å²) in [7, 11) is 0. The number of hydrogen-bond acceptors (Lipinski definition) is 4. The van der Waals surface area contributed by atoms with Crippen LogP contribution < -0.4 is 5.32 Å². The zero-order valence-electron chi connectivity index (χ0n) is 11.4. The van der Waals surface area contributed by atoms with Crippen LogP contribution in [0.25, 0.3) is 0 Å². The molecule has 0 aliphatic heterocycles.